The number of hydrogen-bond acceptors (Lipinski definition) is 3. The normalized spacial score (nSPS) is 10.8. The van der Waals surface area contributed by atoms with E-state index in [1.807, 2.05) is 36.4 Å². The van der Waals surface area contributed by atoms with Gasteiger partial charge < -0.3 is 14.4 Å². The molecule has 1 heterocycles. The van der Waals surface area contributed by atoms with Gasteiger partial charge in [0.15, 0.2) is 0 Å². The zero-order valence-corrected chi connectivity index (χ0v) is 12.5. The van der Waals surface area contributed by atoms with Crippen LogP contribution >= 0.6 is 0 Å². The fourth-order valence-electron chi connectivity index (χ4n) is 2.57. The van der Waals surface area contributed by atoms with Gasteiger partial charge in [-0.1, -0.05) is 30.3 Å². The Morgan fingerprint density at radius 3 is 2.55 bits per heavy atom. The minimum Gasteiger partial charge on any atom is -0.507 e. The average molecular weight is 295 g/mol. The first-order valence-electron chi connectivity index (χ1n) is 7.06. The minimum atomic E-state index is -0.0825. The first-order chi connectivity index (χ1) is 10.6. The van der Waals surface area contributed by atoms with Crippen molar-refractivity contribution in [3.8, 4) is 28.2 Å². The van der Waals surface area contributed by atoms with E-state index in [2.05, 4.69) is 0 Å². The Balaban J connectivity index is 2.18. The predicted octanol–water partition coefficient (Wildman–Crippen LogP) is 3.39. The van der Waals surface area contributed by atoms with Gasteiger partial charge in [-0.05, 0) is 17.7 Å². The van der Waals surface area contributed by atoms with Gasteiger partial charge in [0.2, 0.25) is 5.91 Å². The van der Waals surface area contributed by atoms with Crippen molar-refractivity contribution in [3.63, 3.8) is 0 Å². The number of likely N-dealkylation sites (N-methyl/N-ethyl adjacent to an activating group) is 1. The first-order valence-corrected chi connectivity index (χ1v) is 7.06. The van der Waals surface area contributed by atoms with Gasteiger partial charge in [-0.15, -0.1) is 0 Å². The highest BCUT2D eigenvalue weighted by Crippen LogP contribution is 2.47. The smallest absolute Gasteiger partial charge is 0.226 e. The zero-order chi connectivity index (χ0) is 15.7. The molecule has 0 fully saturated rings. The van der Waals surface area contributed by atoms with Crippen LogP contribution in [0.3, 0.4) is 0 Å². The molecule has 0 radical (unpaired) electrons. The molecule has 0 spiro atoms. The molecule has 112 valence electrons. The summed E-state index contributed by atoms with van der Waals surface area (Å²) in [6.07, 6.45) is 1.66. The minimum absolute atomic E-state index is 0.0825. The number of benzene rings is 1. The Morgan fingerprint density at radius 1 is 1.14 bits per heavy atom. The van der Waals surface area contributed by atoms with Gasteiger partial charge in [0, 0.05) is 30.8 Å². The van der Waals surface area contributed by atoms with E-state index in [0.29, 0.717) is 16.9 Å². The lowest BCUT2D eigenvalue weighted by molar-refractivity contribution is -0.128. The molecule has 4 heteroatoms. The monoisotopic (exact) mass is 295 g/mol. The van der Waals surface area contributed by atoms with Crippen LogP contribution in [-0.4, -0.2) is 30.0 Å². The van der Waals surface area contributed by atoms with Crippen molar-refractivity contribution < 1.29 is 14.3 Å². The molecule has 1 aromatic rings. The fraction of sp³-hybridized carbons (Fsp3) is 0.167. The summed E-state index contributed by atoms with van der Waals surface area (Å²) in [5, 5.41) is 10.7. The lowest BCUT2D eigenvalue weighted by Gasteiger charge is -2.10. The quantitative estimate of drug-likeness (QED) is 0.806. The molecule has 1 N–H and O–H groups in total. The molecule has 0 saturated heterocycles. The second-order valence-electron chi connectivity index (χ2n) is 5.39. The third-order valence-electron chi connectivity index (χ3n) is 3.73. The first kappa shape index (κ1) is 14.2. The van der Waals surface area contributed by atoms with Crippen molar-refractivity contribution >= 4 is 5.91 Å². The van der Waals surface area contributed by atoms with Crippen LogP contribution in [0.4, 0.5) is 0 Å². The summed E-state index contributed by atoms with van der Waals surface area (Å²) in [6.45, 7) is 0. The van der Waals surface area contributed by atoms with Crippen molar-refractivity contribution in [2.45, 2.75) is 6.42 Å². The van der Waals surface area contributed by atoms with Gasteiger partial charge in [0.25, 0.3) is 0 Å². The third-order valence-corrected chi connectivity index (χ3v) is 3.73. The molecule has 1 aliphatic carbocycles. The largest absolute Gasteiger partial charge is 0.507 e. The Labute approximate surface area is 128 Å². The second kappa shape index (κ2) is 5.56. The molecule has 3 rings (SSSR count). The fourth-order valence-corrected chi connectivity index (χ4v) is 2.57. The van der Waals surface area contributed by atoms with Crippen LogP contribution in [0.5, 0.6) is 5.75 Å². The number of carbonyl (C=O) groups is 1. The highest BCUT2D eigenvalue weighted by atomic mass is 16.3. The van der Waals surface area contributed by atoms with Crippen LogP contribution in [0.2, 0.25) is 0 Å². The number of nitrogens with zero attached hydrogens (tertiary/aromatic N) is 1. The number of rotatable bonds is 3. The summed E-state index contributed by atoms with van der Waals surface area (Å²) in [4.78, 5) is 13.5. The van der Waals surface area contributed by atoms with E-state index < -0.39 is 0 Å². The maximum Gasteiger partial charge on any atom is 0.226 e. The van der Waals surface area contributed by atoms with Gasteiger partial charge >= 0.3 is 0 Å². The van der Waals surface area contributed by atoms with E-state index in [1.165, 1.54) is 4.90 Å². The standard InChI is InChI=1S/C18H17NO3/c1-19(2)15(20)11-14-17(21)16(12-7-4-3-5-8-12)13-9-6-10-22-18(13)14/h3-10,21H,11H2,1-2H3. The van der Waals surface area contributed by atoms with Crippen LogP contribution in [0.1, 0.15) is 5.56 Å². The Morgan fingerprint density at radius 2 is 1.86 bits per heavy atom. The van der Waals surface area contributed by atoms with Crippen molar-refractivity contribution in [2.24, 2.45) is 0 Å². The second-order valence-corrected chi connectivity index (χ2v) is 5.39. The van der Waals surface area contributed by atoms with Crippen LogP contribution in [-0.2, 0) is 11.2 Å². The maximum absolute atomic E-state index is 12.0. The van der Waals surface area contributed by atoms with Crippen molar-refractivity contribution in [1.29, 1.82) is 0 Å². The number of hydrogen-bond donors (Lipinski definition) is 1. The molecule has 1 aliphatic heterocycles. The molecule has 0 atom stereocenters. The molecule has 2 aliphatic rings. The lowest BCUT2D eigenvalue weighted by atomic mass is 10.0. The average Bonchev–Trinajstić information content (AvgIpc) is 2.80. The van der Waals surface area contributed by atoms with E-state index in [0.717, 1.165) is 11.1 Å². The van der Waals surface area contributed by atoms with Gasteiger partial charge in [-0.3, -0.25) is 4.79 Å². The summed E-state index contributed by atoms with van der Waals surface area (Å²) in [6, 6.07) is 13.3. The number of aromatic hydroxyl groups is 1. The number of amides is 1. The molecule has 22 heavy (non-hydrogen) atoms. The SMILES string of the molecule is CN(C)C(=O)Cc1c2occcc-2c(-c2ccccc2)c1O. The van der Waals surface area contributed by atoms with Crippen LogP contribution in [0.15, 0.2) is 53.1 Å². The highest BCUT2D eigenvalue weighted by Gasteiger charge is 2.27. The van der Waals surface area contributed by atoms with E-state index in [9.17, 15) is 9.90 Å². The summed E-state index contributed by atoms with van der Waals surface area (Å²) >= 11 is 0. The van der Waals surface area contributed by atoms with Gasteiger partial charge in [-0.25, -0.2) is 0 Å². The van der Waals surface area contributed by atoms with E-state index in [4.69, 9.17) is 4.42 Å². The maximum atomic E-state index is 12.0. The van der Waals surface area contributed by atoms with Crippen molar-refractivity contribution in [3.05, 3.63) is 54.3 Å². The summed E-state index contributed by atoms with van der Waals surface area (Å²) in [7, 11) is 3.39. The third kappa shape index (κ3) is 2.33. The molecule has 4 nitrogen and oxygen atoms in total. The van der Waals surface area contributed by atoms with Crippen molar-refractivity contribution in [1.82, 2.24) is 4.90 Å². The van der Waals surface area contributed by atoms with Crippen molar-refractivity contribution in [2.75, 3.05) is 14.1 Å². The van der Waals surface area contributed by atoms with E-state index in [-0.39, 0.29) is 18.1 Å². The lowest BCUT2D eigenvalue weighted by Crippen LogP contribution is -2.23. The highest BCUT2D eigenvalue weighted by molar-refractivity contribution is 5.95. The Bertz CT molecular complexity index is 774. The van der Waals surface area contributed by atoms with Crippen LogP contribution < -0.4 is 0 Å². The van der Waals surface area contributed by atoms with E-state index >= 15 is 0 Å². The number of carbonyl (C=O) groups excluding carboxylic acids is 1. The Hall–Kier alpha value is -2.75. The molecule has 1 amide bonds. The van der Waals surface area contributed by atoms with Crippen LogP contribution in [0.25, 0.3) is 22.5 Å². The van der Waals surface area contributed by atoms with Gasteiger partial charge in [0.1, 0.15) is 11.5 Å². The van der Waals surface area contributed by atoms with Gasteiger partial charge in [0.05, 0.1) is 12.7 Å². The molecule has 0 saturated carbocycles. The topological polar surface area (TPSA) is 53.7 Å². The molecular weight excluding hydrogens is 278 g/mol. The number of fused-ring (bicyclic) bond motifs is 1. The zero-order valence-electron chi connectivity index (χ0n) is 12.5. The molecule has 1 aromatic carbocycles. The summed E-state index contributed by atoms with van der Waals surface area (Å²) < 4.78 is 5.58. The molecule has 0 bridgehead atoms. The summed E-state index contributed by atoms with van der Waals surface area (Å²) in [5.41, 5.74) is 2.96. The Kier molecular flexibility index (Phi) is 3.59. The van der Waals surface area contributed by atoms with E-state index in [1.54, 1.807) is 26.4 Å². The summed E-state index contributed by atoms with van der Waals surface area (Å²) in [5.74, 6) is 0.598. The predicted molar refractivity (Wildman–Crippen MR) is 84.8 cm³/mol. The molecule has 0 aromatic heterocycles. The molecular formula is C18H17NO3. The molecule has 0 unspecified atom stereocenters. The van der Waals surface area contributed by atoms with Crippen LogP contribution in [0, 0.1) is 0 Å². The van der Waals surface area contributed by atoms with Gasteiger partial charge in [-0.2, -0.15) is 0 Å².